The summed E-state index contributed by atoms with van der Waals surface area (Å²) in [5.41, 5.74) is 6.26. The second-order valence-corrected chi connectivity index (χ2v) is 7.70. The molecule has 1 aliphatic rings. The summed E-state index contributed by atoms with van der Waals surface area (Å²) < 4.78 is 0. The Balaban J connectivity index is 2.18. The maximum absolute atomic E-state index is 2.37. The quantitative estimate of drug-likeness (QED) is 0.595. The number of rotatable bonds is 5. The zero-order valence-electron chi connectivity index (χ0n) is 14.4. The average molecular weight is 292 g/mol. The summed E-state index contributed by atoms with van der Waals surface area (Å²) in [6.07, 6.45) is 3.79. The average Bonchev–Trinajstić information content (AvgIpc) is 2.77. The lowest BCUT2D eigenvalue weighted by Gasteiger charge is -2.34. The van der Waals surface area contributed by atoms with Crippen LogP contribution in [-0.4, -0.2) is 0 Å². The molecule has 3 rings (SSSR count). The van der Waals surface area contributed by atoms with E-state index in [0.717, 1.165) is 5.92 Å². The van der Waals surface area contributed by atoms with Gasteiger partial charge in [-0.25, -0.2) is 0 Å². The molecule has 0 atom stereocenters. The first-order valence-corrected chi connectivity index (χ1v) is 8.74. The predicted octanol–water partition coefficient (Wildman–Crippen LogP) is 6.44. The van der Waals surface area contributed by atoms with Crippen LogP contribution in [0.3, 0.4) is 0 Å². The fourth-order valence-corrected chi connectivity index (χ4v) is 4.24. The Morgan fingerprint density at radius 2 is 1.23 bits per heavy atom. The summed E-state index contributed by atoms with van der Waals surface area (Å²) in [5.74, 6) is 1.45. The molecule has 0 fully saturated rings. The van der Waals surface area contributed by atoms with Crippen molar-refractivity contribution in [1.82, 2.24) is 0 Å². The second-order valence-electron chi connectivity index (χ2n) is 7.70. The maximum atomic E-state index is 2.37. The molecule has 0 aromatic heterocycles. The molecular weight excluding hydrogens is 264 g/mol. The van der Waals surface area contributed by atoms with Crippen LogP contribution >= 0.6 is 0 Å². The first-order chi connectivity index (χ1) is 10.5. The van der Waals surface area contributed by atoms with Gasteiger partial charge in [-0.15, -0.1) is 0 Å². The van der Waals surface area contributed by atoms with Crippen LogP contribution in [0.25, 0.3) is 11.1 Å². The van der Waals surface area contributed by atoms with Crippen molar-refractivity contribution >= 4 is 0 Å². The number of fused-ring (bicyclic) bond motifs is 3. The zero-order valence-corrected chi connectivity index (χ0v) is 14.4. The third kappa shape index (κ3) is 2.49. The standard InChI is InChI=1S/C22H28/c1-16(2)13-14-22(15-17(3)4)20-11-7-5-9-18(20)19-10-6-8-12-21(19)22/h5-12,16-17H,13-15H2,1-4H3. The Morgan fingerprint density at radius 3 is 1.68 bits per heavy atom. The molecule has 0 heteroatoms. The third-order valence-electron chi connectivity index (χ3n) is 5.08. The van der Waals surface area contributed by atoms with Gasteiger partial charge < -0.3 is 0 Å². The molecule has 0 amide bonds. The van der Waals surface area contributed by atoms with E-state index in [0.29, 0.717) is 5.92 Å². The van der Waals surface area contributed by atoms with E-state index in [-0.39, 0.29) is 5.41 Å². The van der Waals surface area contributed by atoms with Gasteiger partial charge in [-0.05, 0) is 53.4 Å². The van der Waals surface area contributed by atoms with E-state index in [4.69, 9.17) is 0 Å². The van der Waals surface area contributed by atoms with Gasteiger partial charge in [0.05, 0.1) is 0 Å². The fourth-order valence-electron chi connectivity index (χ4n) is 4.24. The molecule has 1 aliphatic carbocycles. The van der Waals surface area contributed by atoms with Gasteiger partial charge in [0.1, 0.15) is 0 Å². The molecule has 0 saturated carbocycles. The highest BCUT2D eigenvalue weighted by molar-refractivity contribution is 5.80. The van der Waals surface area contributed by atoms with Crippen LogP contribution in [-0.2, 0) is 5.41 Å². The summed E-state index contributed by atoms with van der Waals surface area (Å²) in [5, 5.41) is 0. The van der Waals surface area contributed by atoms with Gasteiger partial charge in [0.15, 0.2) is 0 Å². The molecule has 116 valence electrons. The molecule has 0 radical (unpaired) electrons. The van der Waals surface area contributed by atoms with Gasteiger partial charge in [-0.3, -0.25) is 0 Å². The summed E-state index contributed by atoms with van der Waals surface area (Å²) in [6.45, 7) is 9.41. The van der Waals surface area contributed by atoms with Gasteiger partial charge in [0.2, 0.25) is 0 Å². The van der Waals surface area contributed by atoms with E-state index in [1.165, 1.54) is 30.4 Å². The highest BCUT2D eigenvalue weighted by Crippen LogP contribution is 2.54. The molecule has 2 aromatic rings. The minimum Gasteiger partial charge on any atom is -0.0628 e. The molecule has 22 heavy (non-hydrogen) atoms. The fraction of sp³-hybridized carbons (Fsp3) is 0.455. The lowest BCUT2D eigenvalue weighted by atomic mass is 9.69. The monoisotopic (exact) mass is 292 g/mol. The lowest BCUT2D eigenvalue weighted by molar-refractivity contribution is 0.351. The van der Waals surface area contributed by atoms with Crippen LogP contribution < -0.4 is 0 Å². The molecule has 0 bridgehead atoms. The molecule has 0 spiro atoms. The maximum Gasteiger partial charge on any atom is 0.0217 e. The van der Waals surface area contributed by atoms with Gasteiger partial charge in [-0.2, -0.15) is 0 Å². The van der Waals surface area contributed by atoms with E-state index in [9.17, 15) is 0 Å². The molecule has 0 nitrogen and oxygen atoms in total. The van der Waals surface area contributed by atoms with E-state index in [1.54, 1.807) is 11.1 Å². The molecule has 0 N–H and O–H groups in total. The highest BCUT2D eigenvalue weighted by atomic mass is 14.5. The van der Waals surface area contributed by atoms with Crippen molar-refractivity contribution in [3.05, 3.63) is 59.7 Å². The van der Waals surface area contributed by atoms with Crippen molar-refractivity contribution in [2.45, 2.75) is 52.4 Å². The van der Waals surface area contributed by atoms with Gasteiger partial charge in [0.25, 0.3) is 0 Å². The van der Waals surface area contributed by atoms with E-state index in [2.05, 4.69) is 76.2 Å². The molecular formula is C22H28. The second kappa shape index (κ2) is 5.91. The van der Waals surface area contributed by atoms with Crippen LogP contribution in [0.4, 0.5) is 0 Å². The van der Waals surface area contributed by atoms with Crippen LogP contribution in [0.15, 0.2) is 48.5 Å². The predicted molar refractivity (Wildman–Crippen MR) is 96.2 cm³/mol. The van der Waals surface area contributed by atoms with E-state index < -0.39 is 0 Å². The molecule has 0 saturated heterocycles. The smallest absolute Gasteiger partial charge is 0.0217 e. The minimum absolute atomic E-state index is 0.214. The van der Waals surface area contributed by atoms with Crippen LogP contribution in [0.5, 0.6) is 0 Å². The summed E-state index contributed by atoms with van der Waals surface area (Å²) in [6, 6.07) is 18.2. The Morgan fingerprint density at radius 1 is 0.727 bits per heavy atom. The van der Waals surface area contributed by atoms with E-state index >= 15 is 0 Å². The molecule has 0 unspecified atom stereocenters. The van der Waals surface area contributed by atoms with E-state index in [1.807, 2.05) is 0 Å². The Kier molecular flexibility index (Phi) is 4.12. The van der Waals surface area contributed by atoms with Crippen molar-refractivity contribution in [3.63, 3.8) is 0 Å². The normalized spacial score (nSPS) is 15.2. The van der Waals surface area contributed by atoms with Gasteiger partial charge >= 0.3 is 0 Å². The largest absolute Gasteiger partial charge is 0.0628 e. The lowest BCUT2D eigenvalue weighted by Crippen LogP contribution is -2.28. The topological polar surface area (TPSA) is 0 Å². The molecule has 2 aromatic carbocycles. The third-order valence-corrected chi connectivity index (χ3v) is 5.08. The first kappa shape index (κ1) is 15.3. The highest BCUT2D eigenvalue weighted by Gasteiger charge is 2.42. The SMILES string of the molecule is CC(C)CCC1(CC(C)C)c2ccccc2-c2ccccc21. The first-order valence-electron chi connectivity index (χ1n) is 8.74. The molecule has 0 heterocycles. The molecule has 0 aliphatic heterocycles. The van der Waals surface area contributed by atoms with Crippen LogP contribution in [0.2, 0.25) is 0 Å². The van der Waals surface area contributed by atoms with Crippen molar-refractivity contribution in [2.24, 2.45) is 11.8 Å². The van der Waals surface area contributed by atoms with Crippen molar-refractivity contribution in [2.75, 3.05) is 0 Å². The summed E-state index contributed by atoms with van der Waals surface area (Å²) >= 11 is 0. The summed E-state index contributed by atoms with van der Waals surface area (Å²) in [7, 11) is 0. The minimum atomic E-state index is 0.214. The number of benzene rings is 2. The zero-order chi connectivity index (χ0) is 15.7. The van der Waals surface area contributed by atoms with Crippen molar-refractivity contribution in [1.29, 1.82) is 0 Å². The number of hydrogen-bond acceptors (Lipinski definition) is 0. The van der Waals surface area contributed by atoms with Crippen LogP contribution in [0.1, 0.15) is 58.1 Å². The Labute approximate surface area is 135 Å². The van der Waals surface area contributed by atoms with Crippen molar-refractivity contribution in [3.8, 4) is 11.1 Å². The summed E-state index contributed by atoms with van der Waals surface area (Å²) in [4.78, 5) is 0. The Hall–Kier alpha value is -1.56. The number of hydrogen-bond donors (Lipinski definition) is 0. The Bertz CT molecular complexity index is 603. The van der Waals surface area contributed by atoms with Gasteiger partial charge in [0, 0.05) is 5.41 Å². The van der Waals surface area contributed by atoms with Gasteiger partial charge in [-0.1, -0.05) is 76.2 Å². The van der Waals surface area contributed by atoms with Crippen LogP contribution in [0, 0.1) is 11.8 Å². The van der Waals surface area contributed by atoms with Crippen molar-refractivity contribution < 1.29 is 0 Å².